The molecule has 1 rings (SSSR count). The standard InChI is InChI=1S/C26H42N4O5/c1-9-12-30(22(23(32)28-16(2)3)19-14-17(4)13-18(5)15-19)24(33)20(10-11-21(27)31)29-25(34)35-26(6,7)8/h13-16,20,22H,9-12H2,1-8H3,(H2,27,31)(H,28,32)(H,29,34). The molecule has 0 fully saturated rings. The Labute approximate surface area is 209 Å². The van der Waals surface area contributed by atoms with Crippen LogP contribution >= 0.6 is 0 Å². The van der Waals surface area contributed by atoms with E-state index in [4.69, 9.17) is 10.5 Å². The molecule has 0 saturated heterocycles. The zero-order valence-corrected chi connectivity index (χ0v) is 22.4. The number of carbonyl (C=O) groups excluding carboxylic acids is 4. The molecule has 1 aromatic rings. The van der Waals surface area contributed by atoms with Crippen molar-refractivity contribution in [3.05, 3.63) is 34.9 Å². The Hall–Kier alpha value is -3.10. The summed E-state index contributed by atoms with van der Waals surface area (Å²) < 4.78 is 5.33. The van der Waals surface area contributed by atoms with Gasteiger partial charge in [0.25, 0.3) is 0 Å². The van der Waals surface area contributed by atoms with Crippen LogP contribution in [0.5, 0.6) is 0 Å². The van der Waals surface area contributed by atoms with E-state index in [1.165, 1.54) is 4.90 Å². The van der Waals surface area contributed by atoms with Crippen molar-refractivity contribution in [3.63, 3.8) is 0 Å². The van der Waals surface area contributed by atoms with Crippen molar-refractivity contribution in [1.29, 1.82) is 0 Å². The molecule has 4 amide bonds. The Morgan fingerprint density at radius 2 is 1.60 bits per heavy atom. The fourth-order valence-corrected chi connectivity index (χ4v) is 3.81. The molecule has 196 valence electrons. The van der Waals surface area contributed by atoms with Crippen molar-refractivity contribution in [1.82, 2.24) is 15.5 Å². The van der Waals surface area contributed by atoms with Crippen LogP contribution in [0.3, 0.4) is 0 Å². The van der Waals surface area contributed by atoms with Crippen LogP contribution in [0.15, 0.2) is 18.2 Å². The van der Waals surface area contributed by atoms with E-state index >= 15 is 0 Å². The lowest BCUT2D eigenvalue weighted by atomic mass is 9.97. The number of carbonyl (C=O) groups is 4. The maximum atomic E-state index is 13.8. The van der Waals surface area contributed by atoms with E-state index in [-0.39, 0.29) is 31.3 Å². The third-order valence-electron chi connectivity index (χ3n) is 4.97. The third kappa shape index (κ3) is 10.4. The molecular weight excluding hydrogens is 448 g/mol. The summed E-state index contributed by atoms with van der Waals surface area (Å²) in [5.74, 6) is -1.40. The number of ether oxygens (including phenoxy) is 1. The molecule has 0 aliphatic heterocycles. The van der Waals surface area contributed by atoms with Crippen molar-refractivity contribution in [2.45, 2.75) is 98.4 Å². The Morgan fingerprint density at radius 3 is 2.06 bits per heavy atom. The molecular formula is C26H42N4O5. The highest BCUT2D eigenvalue weighted by Crippen LogP contribution is 2.26. The fraction of sp³-hybridized carbons (Fsp3) is 0.615. The zero-order valence-electron chi connectivity index (χ0n) is 22.4. The molecule has 4 N–H and O–H groups in total. The van der Waals surface area contributed by atoms with Crippen LogP contribution in [0.1, 0.15) is 83.5 Å². The van der Waals surface area contributed by atoms with Crippen LogP contribution in [0.4, 0.5) is 4.79 Å². The van der Waals surface area contributed by atoms with Crippen molar-refractivity contribution < 1.29 is 23.9 Å². The van der Waals surface area contributed by atoms with E-state index in [0.29, 0.717) is 12.0 Å². The molecule has 1 aromatic carbocycles. The van der Waals surface area contributed by atoms with Gasteiger partial charge in [0.05, 0.1) is 0 Å². The zero-order chi connectivity index (χ0) is 26.9. The van der Waals surface area contributed by atoms with Crippen LogP contribution in [0.2, 0.25) is 0 Å². The first-order valence-electron chi connectivity index (χ1n) is 12.1. The summed E-state index contributed by atoms with van der Waals surface area (Å²) in [6.45, 7) is 14.9. The van der Waals surface area contributed by atoms with Gasteiger partial charge in [-0.2, -0.15) is 0 Å². The predicted octanol–water partition coefficient (Wildman–Crippen LogP) is 3.27. The summed E-state index contributed by atoms with van der Waals surface area (Å²) in [6, 6.07) is 3.61. The number of amides is 4. The van der Waals surface area contributed by atoms with E-state index in [2.05, 4.69) is 10.6 Å². The molecule has 2 unspecified atom stereocenters. The lowest BCUT2D eigenvalue weighted by Gasteiger charge is -2.35. The molecule has 9 heteroatoms. The van der Waals surface area contributed by atoms with Gasteiger partial charge in [0.1, 0.15) is 17.7 Å². The van der Waals surface area contributed by atoms with E-state index in [1.807, 2.05) is 52.8 Å². The fourth-order valence-electron chi connectivity index (χ4n) is 3.81. The van der Waals surface area contributed by atoms with Crippen molar-refractivity contribution in [2.75, 3.05) is 6.54 Å². The van der Waals surface area contributed by atoms with Gasteiger partial charge in [-0.3, -0.25) is 14.4 Å². The highest BCUT2D eigenvalue weighted by atomic mass is 16.6. The summed E-state index contributed by atoms with van der Waals surface area (Å²) in [5.41, 5.74) is 7.15. The van der Waals surface area contributed by atoms with Crippen LogP contribution in [-0.4, -0.2) is 52.9 Å². The first kappa shape index (κ1) is 29.9. The minimum Gasteiger partial charge on any atom is -0.444 e. The topological polar surface area (TPSA) is 131 Å². The maximum Gasteiger partial charge on any atom is 0.408 e. The number of hydrogen-bond donors (Lipinski definition) is 3. The minimum absolute atomic E-state index is 0.0149. The number of rotatable bonds is 11. The number of nitrogens with zero attached hydrogens (tertiary/aromatic N) is 1. The number of benzene rings is 1. The van der Waals surface area contributed by atoms with Gasteiger partial charge in [-0.25, -0.2) is 4.79 Å². The second-order valence-electron chi connectivity index (χ2n) is 10.2. The van der Waals surface area contributed by atoms with Gasteiger partial charge in [0.15, 0.2) is 0 Å². The van der Waals surface area contributed by atoms with Gasteiger partial charge in [-0.05, 0) is 66.9 Å². The first-order chi connectivity index (χ1) is 16.1. The van der Waals surface area contributed by atoms with Gasteiger partial charge in [-0.1, -0.05) is 36.2 Å². The van der Waals surface area contributed by atoms with Gasteiger partial charge in [0, 0.05) is 19.0 Å². The molecule has 2 atom stereocenters. The molecule has 0 heterocycles. The van der Waals surface area contributed by atoms with E-state index < -0.39 is 35.6 Å². The molecule has 0 aliphatic rings. The van der Waals surface area contributed by atoms with Gasteiger partial charge < -0.3 is 26.0 Å². The molecule has 0 saturated carbocycles. The SMILES string of the molecule is CCCN(C(=O)C(CCC(N)=O)NC(=O)OC(C)(C)C)C(C(=O)NC(C)C)c1cc(C)cc(C)c1. The maximum absolute atomic E-state index is 13.8. The van der Waals surface area contributed by atoms with Crippen molar-refractivity contribution in [3.8, 4) is 0 Å². The Balaban J connectivity index is 3.48. The Kier molecular flexibility index (Phi) is 11.2. The number of hydrogen-bond acceptors (Lipinski definition) is 5. The Morgan fingerprint density at radius 1 is 1.03 bits per heavy atom. The van der Waals surface area contributed by atoms with Crippen LogP contribution in [-0.2, 0) is 19.1 Å². The lowest BCUT2D eigenvalue weighted by molar-refractivity contribution is -0.143. The largest absolute Gasteiger partial charge is 0.444 e. The Bertz CT molecular complexity index is 887. The summed E-state index contributed by atoms with van der Waals surface area (Å²) in [5, 5.41) is 5.50. The van der Waals surface area contributed by atoms with Gasteiger partial charge in [-0.15, -0.1) is 0 Å². The van der Waals surface area contributed by atoms with Crippen molar-refractivity contribution in [2.24, 2.45) is 5.73 Å². The average Bonchev–Trinajstić information content (AvgIpc) is 2.67. The highest BCUT2D eigenvalue weighted by molar-refractivity contribution is 5.92. The molecule has 0 aliphatic carbocycles. The van der Waals surface area contributed by atoms with Crippen LogP contribution in [0.25, 0.3) is 0 Å². The normalized spacial score (nSPS) is 13.1. The second-order valence-corrected chi connectivity index (χ2v) is 10.2. The van der Waals surface area contributed by atoms with Crippen molar-refractivity contribution >= 4 is 23.8 Å². The number of nitrogens with two attached hydrogens (primary N) is 1. The molecule has 0 spiro atoms. The smallest absolute Gasteiger partial charge is 0.408 e. The second kappa shape index (κ2) is 13.1. The third-order valence-corrected chi connectivity index (χ3v) is 4.97. The molecule has 0 radical (unpaired) electrons. The monoisotopic (exact) mass is 490 g/mol. The molecule has 0 aromatic heterocycles. The summed E-state index contributed by atoms with van der Waals surface area (Å²) in [7, 11) is 0. The van der Waals surface area contributed by atoms with Gasteiger partial charge >= 0.3 is 6.09 Å². The molecule has 0 bridgehead atoms. The summed E-state index contributed by atoms with van der Waals surface area (Å²) in [4.78, 5) is 52.7. The average molecular weight is 491 g/mol. The highest BCUT2D eigenvalue weighted by Gasteiger charge is 2.36. The number of primary amides is 1. The predicted molar refractivity (Wildman–Crippen MR) is 136 cm³/mol. The quantitative estimate of drug-likeness (QED) is 0.438. The number of aryl methyl sites for hydroxylation is 2. The molecule has 35 heavy (non-hydrogen) atoms. The lowest BCUT2D eigenvalue weighted by Crippen LogP contribution is -2.53. The van der Waals surface area contributed by atoms with Gasteiger partial charge in [0.2, 0.25) is 17.7 Å². The summed E-state index contributed by atoms with van der Waals surface area (Å²) in [6.07, 6.45) is -0.333. The van der Waals surface area contributed by atoms with E-state index in [9.17, 15) is 19.2 Å². The van der Waals surface area contributed by atoms with E-state index in [1.54, 1.807) is 20.8 Å². The first-order valence-corrected chi connectivity index (χ1v) is 12.1. The van der Waals surface area contributed by atoms with Crippen LogP contribution in [0, 0.1) is 13.8 Å². The number of alkyl carbamates (subject to hydrolysis) is 1. The minimum atomic E-state index is -1.09. The molecule has 9 nitrogen and oxygen atoms in total. The number of nitrogens with one attached hydrogen (secondary N) is 2. The van der Waals surface area contributed by atoms with Crippen LogP contribution < -0.4 is 16.4 Å². The van der Waals surface area contributed by atoms with E-state index in [0.717, 1.165) is 11.1 Å². The summed E-state index contributed by atoms with van der Waals surface area (Å²) >= 11 is 0.